The zero-order valence-corrected chi connectivity index (χ0v) is 27.8. The summed E-state index contributed by atoms with van der Waals surface area (Å²) >= 11 is 12.5. The van der Waals surface area contributed by atoms with Crippen LogP contribution in [0.1, 0.15) is 76.8 Å². The second-order valence-corrected chi connectivity index (χ2v) is 16.0. The van der Waals surface area contributed by atoms with E-state index in [9.17, 15) is 18.0 Å². The van der Waals surface area contributed by atoms with Crippen molar-refractivity contribution >= 4 is 50.7 Å². The van der Waals surface area contributed by atoms with Crippen LogP contribution in [0.2, 0.25) is 10.0 Å². The number of hydrogen-bond acceptors (Lipinski definition) is 4. The highest BCUT2D eigenvalue weighted by atomic mass is 35.5. The molecule has 0 radical (unpaired) electrons. The summed E-state index contributed by atoms with van der Waals surface area (Å²) in [5.41, 5.74) is 2.51. The maximum Gasteiger partial charge on any atom is 0.244 e. The zero-order chi connectivity index (χ0) is 31.1. The minimum atomic E-state index is -3.82. The molecule has 10 heteroatoms. The van der Waals surface area contributed by atoms with Gasteiger partial charge in [-0.1, -0.05) is 48.3 Å². The maximum atomic E-state index is 13.9. The highest BCUT2D eigenvalue weighted by Gasteiger charge is 2.51. The standard InChI is InChI=1S/C33H43Cl2N3O4S/c1-5-21(2)36-32(40)22(3)37(19-26-6-9-28(34)15-30(26)35)31(39)20-38(43(4,41)42)29-10-7-27(8-11-29)33-16-23-12-24(17-33)14-25(13-23)18-33/h6-11,15,21-25H,5,12-14,16-20H2,1-4H3,(H,36,40)/t21-,22-,23?,24?,25?,33?/m1/s1. The first kappa shape index (κ1) is 32.1. The maximum absolute atomic E-state index is 13.9. The number of nitrogens with one attached hydrogen (secondary N) is 1. The molecule has 234 valence electrons. The van der Waals surface area contributed by atoms with Gasteiger partial charge in [-0.2, -0.15) is 0 Å². The molecule has 0 aromatic heterocycles. The SMILES string of the molecule is CC[C@@H](C)NC(=O)[C@@H](C)N(Cc1ccc(Cl)cc1Cl)C(=O)CN(c1ccc(C23CC4CC(CC(C4)C2)C3)cc1)S(C)(=O)=O. The molecule has 0 unspecified atom stereocenters. The topological polar surface area (TPSA) is 86.8 Å². The van der Waals surface area contributed by atoms with E-state index in [1.54, 1.807) is 25.1 Å². The number of halogens is 2. The van der Waals surface area contributed by atoms with Crippen LogP contribution in [0.4, 0.5) is 5.69 Å². The normalized spacial score (nSPS) is 25.7. The van der Waals surface area contributed by atoms with Gasteiger partial charge in [0, 0.05) is 22.6 Å². The van der Waals surface area contributed by atoms with Gasteiger partial charge in [0.2, 0.25) is 21.8 Å². The predicted octanol–water partition coefficient (Wildman–Crippen LogP) is 6.56. The van der Waals surface area contributed by atoms with Crippen LogP contribution in [-0.2, 0) is 31.6 Å². The van der Waals surface area contributed by atoms with Crippen molar-refractivity contribution < 1.29 is 18.0 Å². The molecular weight excluding hydrogens is 605 g/mol. The van der Waals surface area contributed by atoms with E-state index >= 15 is 0 Å². The van der Waals surface area contributed by atoms with Gasteiger partial charge in [0.1, 0.15) is 12.6 Å². The number of rotatable bonds is 11. The van der Waals surface area contributed by atoms with Gasteiger partial charge in [-0.05, 0) is 117 Å². The van der Waals surface area contributed by atoms with E-state index in [1.165, 1.54) is 49.0 Å². The first-order valence-electron chi connectivity index (χ1n) is 15.4. The average Bonchev–Trinajstić information content (AvgIpc) is 2.93. The van der Waals surface area contributed by atoms with Crippen LogP contribution >= 0.6 is 23.2 Å². The molecule has 4 saturated carbocycles. The lowest BCUT2D eigenvalue weighted by atomic mass is 9.48. The molecule has 2 aromatic rings. The molecule has 4 fully saturated rings. The lowest BCUT2D eigenvalue weighted by molar-refractivity contribution is -0.139. The molecule has 4 aliphatic rings. The van der Waals surface area contributed by atoms with Crippen LogP contribution in [0.5, 0.6) is 0 Å². The summed E-state index contributed by atoms with van der Waals surface area (Å²) in [6.07, 6.45) is 9.54. The van der Waals surface area contributed by atoms with Gasteiger partial charge in [-0.15, -0.1) is 0 Å². The Labute approximate surface area is 266 Å². The van der Waals surface area contributed by atoms with Crippen molar-refractivity contribution in [3.8, 4) is 0 Å². The molecule has 2 atom stereocenters. The average molecular weight is 649 g/mol. The fourth-order valence-electron chi connectivity index (χ4n) is 7.94. The van der Waals surface area contributed by atoms with Crippen molar-refractivity contribution in [3.63, 3.8) is 0 Å². The third-order valence-corrected chi connectivity index (χ3v) is 11.7. The van der Waals surface area contributed by atoms with Gasteiger partial charge in [-0.25, -0.2) is 8.42 Å². The molecule has 6 rings (SSSR count). The Morgan fingerprint density at radius 1 is 0.977 bits per heavy atom. The highest BCUT2D eigenvalue weighted by Crippen LogP contribution is 2.60. The number of hydrogen-bond donors (Lipinski definition) is 1. The van der Waals surface area contributed by atoms with Crippen molar-refractivity contribution in [2.24, 2.45) is 17.8 Å². The molecule has 0 heterocycles. The minimum Gasteiger partial charge on any atom is -0.352 e. The van der Waals surface area contributed by atoms with E-state index in [4.69, 9.17) is 23.2 Å². The monoisotopic (exact) mass is 647 g/mol. The van der Waals surface area contributed by atoms with Crippen LogP contribution in [0.15, 0.2) is 42.5 Å². The third kappa shape index (κ3) is 7.02. The Balaban J connectivity index is 1.40. The van der Waals surface area contributed by atoms with Gasteiger partial charge in [0.15, 0.2) is 0 Å². The molecule has 0 saturated heterocycles. The Morgan fingerprint density at radius 3 is 2.07 bits per heavy atom. The quantitative estimate of drug-likeness (QED) is 0.299. The van der Waals surface area contributed by atoms with Crippen molar-refractivity contribution in [1.82, 2.24) is 10.2 Å². The van der Waals surface area contributed by atoms with Crippen molar-refractivity contribution in [2.75, 3.05) is 17.1 Å². The Bertz CT molecular complexity index is 1430. The van der Waals surface area contributed by atoms with E-state index in [0.29, 0.717) is 21.3 Å². The van der Waals surface area contributed by atoms with Crippen LogP contribution in [0, 0.1) is 17.8 Å². The molecule has 0 spiro atoms. The van der Waals surface area contributed by atoms with E-state index in [0.717, 1.165) is 34.7 Å². The number of carbonyl (C=O) groups excluding carboxylic acids is 2. The van der Waals surface area contributed by atoms with E-state index in [2.05, 4.69) is 17.4 Å². The number of anilines is 1. The Hall–Kier alpha value is -2.29. The molecule has 2 aromatic carbocycles. The number of sulfonamides is 1. The second kappa shape index (κ2) is 12.6. The summed E-state index contributed by atoms with van der Waals surface area (Å²) in [5, 5.41) is 3.75. The lowest BCUT2D eigenvalue weighted by Crippen LogP contribution is -2.52. The molecule has 43 heavy (non-hydrogen) atoms. The number of carbonyl (C=O) groups is 2. The van der Waals surface area contributed by atoms with Crippen LogP contribution < -0.4 is 9.62 Å². The predicted molar refractivity (Wildman–Crippen MR) is 173 cm³/mol. The third-order valence-electron chi connectivity index (χ3n) is 10.0. The molecular formula is C33H43Cl2N3O4S. The van der Waals surface area contributed by atoms with Crippen molar-refractivity contribution in [2.45, 2.75) is 89.8 Å². The zero-order valence-electron chi connectivity index (χ0n) is 25.5. The molecule has 4 bridgehead atoms. The second-order valence-electron chi connectivity index (χ2n) is 13.3. The van der Waals surface area contributed by atoms with Crippen molar-refractivity contribution in [3.05, 3.63) is 63.6 Å². The largest absolute Gasteiger partial charge is 0.352 e. The first-order chi connectivity index (χ1) is 20.3. The van der Waals surface area contributed by atoms with Crippen LogP contribution in [0.3, 0.4) is 0 Å². The number of benzene rings is 2. The Kier molecular flexibility index (Phi) is 9.41. The summed E-state index contributed by atoms with van der Waals surface area (Å²) in [5.74, 6) is 1.58. The summed E-state index contributed by atoms with van der Waals surface area (Å²) < 4.78 is 27.3. The van der Waals surface area contributed by atoms with Gasteiger partial charge < -0.3 is 10.2 Å². The van der Waals surface area contributed by atoms with E-state index in [-0.39, 0.29) is 23.9 Å². The fourth-order valence-corrected chi connectivity index (χ4v) is 9.26. The van der Waals surface area contributed by atoms with Gasteiger partial charge in [-0.3, -0.25) is 13.9 Å². The molecule has 1 N–H and O–H groups in total. The van der Waals surface area contributed by atoms with E-state index in [1.807, 2.05) is 26.0 Å². The van der Waals surface area contributed by atoms with Gasteiger partial charge >= 0.3 is 0 Å². The lowest BCUT2D eigenvalue weighted by Gasteiger charge is -2.57. The molecule has 0 aliphatic heterocycles. The summed E-state index contributed by atoms with van der Waals surface area (Å²) in [4.78, 5) is 28.5. The Morgan fingerprint density at radius 2 is 1.56 bits per heavy atom. The fraction of sp³-hybridized carbons (Fsp3) is 0.576. The summed E-state index contributed by atoms with van der Waals surface area (Å²) in [6, 6.07) is 11.8. The van der Waals surface area contributed by atoms with E-state index < -0.39 is 28.5 Å². The van der Waals surface area contributed by atoms with Gasteiger partial charge in [0.25, 0.3) is 0 Å². The number of nitrogens with zero attached hydrogens (tertiary/aromatic N) is 2. The smallest absolute Gasteiger partial charge is 0.244 e. The summed E-state index contributed by atoms with van der Waals surface area (Å²) in [7, 11) is -3.82. The summed E-state index contributed by atoms with van der Waals surface area (Å²) in [6.45, 7) is 5.08. The molecule has 2 amide bonds. The highest BCUT2D eigenvalue weighted by molar-refractivity contribution is 7.92. The van der Waals surface area contributed by atoms with Crippen LogP contribution in [0.25, 0.3) is 0 Å². The van der Waals surface area contributed by atoms with Gasteiger partial charge in [0.05, 0.1) is 11.9 Å². The molecule has 7 nitrogen and oxygen atoms in total. The van der Waals surface area contributed by atoms with Crippen LogP contribution in [-0.4, -0.2) is 50.0 Å². The number of amides is 2. The molecule has 4 aliphatic carbocycles. The first-order valence-corrected chi connectivity index (χ1v) is 18.0. The minimum absolute atomic E-state index is 0.0203. The van der Waals surface area contributed by atoms with Crippen molar-refractivity contribution in [1.29, 1.82) is 0 Å².